The van der Waals surface area contributed by atoms with Gasteiger partial charge in [-0.2, -0.15) is 0 Å². The Balaban J connectivity index is 2.05. The SMILES string of the molecule is CCC(O)CNCC1CCCC(O)C1. The van der Waals surface area contributed by atoms with Gasteiger partial charge in [0.05, 0.1) is 12.2 Å². The van der Waals surface area contributed by atoms with Crippen molar-refractivity contribution in [1.82, 2.24) is 5.32 Å². The normalized spacial score (nSPS) is 30.2. The maximum Gasteiger partial charge on any atom is 0.0662 e. The third kappa shape index (κ3) is 4.40. The van der Waals surface area contributed by atoms with Crippen molar-refractivity contribution in [1.29, 1.82) is 0 Å². The molecule has 0 aromatic rings. The van der Waals surface area contributed by atoms with Gasteiger partial charge in [0.2, 0.25) is 0 Å². The zero-order chi connectivity index (χ0) is 10.4. The number of aliphatic hydroxyl groups excluding tert-OH is 2. The van der Waals surface area contributed by atoms with Gasteiger partial charge in [0.25, 0.3) is 0 Å². The molecule has 3 atom stereocenters. The molecule has 1 saturated carbocycles. The molecule has 1 rings (SSSR count). The summed E-state index contributed by atoms with van der Waals surface area (Å²) in [5.74, 6) is 0.600. The minimum Gasteiger partial charge on any atom is -0.393 e. The number of rotatable bonds is 5. The van der Waals surface area contributed by atoms with Gasteiger partial charge in [0, 0.05) is 6.54 Å². The molecule has 3 heteroatoms. The molecule has 0 aliphatic heterocycles. The molecule has 1 aliphatic carbocycles. The molecule has 0 aromatic heterocycles. The Labute approximate surface area is 86.5 Å². The maximum absolute atomic E-state index is 9.46. The summed E-state index contributed by atoms with van der Waals surface area (Å²) in [5, 5.41) is 22.0. The van der Waals surface area contributed by atoms with Gasteiger partial charge in [-0.1, -0.05) is 13.3 Å². The summed E-state index contributed by atoms with van der Waals surface area (Å²) in [6.07, 6.45) is 4.75. The van der Waals surface area contributed by atoms with Gasteiger partial charge in [-0.05, 0) is 38.1 Å². The molecule has 0 bridgehead atoms. The number of aliphatic hydroxyl groups is 2. The summed E-state index contributed by atoms with van der Waals surface area (Å²) < 4.78 is 0. The van der Waals surface area contributed by atoms with Gasteiger partial charge in [-0.15, -0.1) is 0 Å². The largest absolute Gasteiger partial charge is 0.393 e. The van der Waals surface area contributed by atoms with Crippen LogP contribution in [-0.2, 0) is 0 Å². The predicted molar refractivity (Wildman–Crippen MR) is 57.1 cm³/mol. The first-order chi connectivity index (χ1) is 6.72. The predicted octanol–water partition coefficient (Wildman–Crippen LogP) is 0.898. The van der Waals surface area contributed by atoms with E-state index in [1.165, 1.54) is 6.42 Å². The van der Waals surface area contributed by atoms with Gasteiger partial charge in [0.15, 0.2) is 0 Å². The molecule has 0 amide bonds. The van der Waals surface area contributed by atoms with Gasteiger partial charge in [-0.25, -0.2) is 0 Å². The molecule has 0 aromatic carbocycles. The summed E-state index contributed by atoms with van der Waals surface area (Å²) in [4.78, 5) is 0. The standard InChI is InChI=1S/C11H23NO2/c1-2-10(13)8-12-7-9-4-3-5-11(14)6-9/h9-14H,2-8H2,1H3. The highest BCUT2D eigenvalue weighted by molar-refractivity contribution is 4.74. The smallest absolute Gasteiger partial charge is 0.0662 e. The van der Waals surface area contributed by atoms with Crippen LogP contribution in [0.15, 0.2) is 0 Å². The average Bonchev–Trinajstić information content (AvgIpc) is 2.17. The van der Waals surface area contributed by atoms with Crippen molar-refractivity contribution in [3.05, 3.63) is 0 Å². The van der Waals surface area contributed by atoms with E-state index in [9.17, 15) is 10.2 Å². The van der Waals surface area contributed by atoms with Crippen LogP contribution in [-0.4, -0.2) is 35.5 Å². The lowest BCUT2D eigenvalue weighted by atomic mass is 9.87. The lowest BCUT2D eigenvalue weighted by molar-refractivity contribution is 0.0981. The van der Waals surface area contributed by atoms with Crippen molar-refractivity contribution in [2.24, 2.45) is 5.92 Å². The van der Waals surface area contributed by atoms with Crippen molar-refractivity contribution >= 4 is 0 Å². The molecule has 0 saturated heterocycles. The topological polar surface area (TPSA) is 52.5 Å². The van der Waals surface area contributed by atoms with Crippen molar-refractivity contribution in [2.45, 2.75) is 51.2 Å². The quantitative estimate of drug-likeness (QED) is 0.619. The summed E-state index contributed by atoms with van der Waals surface area (Å²) >= 11 is 0. The van der Waals surface area contributed by atoms with E-state index in [0.717, 1.165) is 32.2 Å². The summed E-state index contributed by atoms with van der Waals surface area (Å²) in [6, 6.07) is 0. The lowest BCUT2D eigenvalue weighted by Crippen LogP contribution is -2.33. The Morgan fingerprint density at radius 1 is 1.43 bits per heavy atom. The van der Waals surface area contributed by atoms with Crippen LogP contribution in [0.1, 0.15) is 39.0 Å². The molecular formula is C11H23NO2. The van der Waals surface area contributed by atoms with E-state index in [2.05, 4.69) is 5.32 Å². The third-order valence-electron chi connectivity index (χ3n) is 3.04. The molecule has 3 unspecified atom stereocenters. The summed E-state index contributed by atoms with van der Waals surface area (Å²) in [5.41, 5.74) is 0. The summed E-state index contributed by atoms with van der Waals surface area (Å²) in [7, 11) is 0. The van der Waals surface area contributed by atoms with E-state index >= 15 is 0 Å². The Morgan fingerprint density at radius 2 is 2.21 bits per heavy atom. The zero-order valence-electron chi connectivity index (χ0n) is 9.08. The fourth-order valence-electron chi connectivity index (χ4n) is 2.05. The van der Waals surface area contributed by atoms with E-state index in [1.54, 1.807) is 0 Å². The zero-order valence-corrected chi connectivity index (χ0v) is 9.08. The minimum atomic E-state index is -0.219. The molecule has 1 aliphatic rings. The molecule has 0 radical (unpaired) electrons. The van der Waals surface area contributed by atoms with Crippen molar-refractivity contribution in [2.75, 3.05) is 13.1 Å². The molecule has 0 heterocycles. The Bertz CT molecular complexity index is 152. The molecule has 0 spiro atoms. The number of hydrogen-bond acceptors (Lipinski definition) is 3. The first-order valence-corrected chi connectivity index (χ1v) is 5.79. The van der Waals surface area contributed by atoms with Crippen LogP contribution in [0.5, 0.6) is 0 Å². The second kappa shape index (κ2) is 6.38. The number of hydrogen-bond donors (Lipinski definition) is 3. The Morgan fingerprint density at radius 3 is 2.86 bits per heavy atom. The van der Waals surface area contributed by atoms with Crippen LogP contribution in [0.4, 0.5) is 0 Å². The Hall–Kier alpha value is -0.120. The van der Waals surface area contributed by atoms with Crippen molar-refractivity contribution in [3.8, 4) is 0 Å². The van der Waals surface area contributed by atoms with Crippen molar-refractivity contribution in [3.63, 3.8) is 0 Å². The lowest BCUT2D eigenvalue weighted by Gasteiger charge is -2.26. The molecule has 1 fully saturated rings. The molecule has 84 valence electrons. The van der Waals surface area contributed by atoms with E-state index in [4.69, 9.17) is 0 Å². The highest BCUT2D eigenvalue weighted by Crippen LogP contribution is 2.23. The second-order valence-corrected chi connectivity index (χ2v) is 4.41. The molecule has 3 nitrogen and oxygen atoms in total. The molecule has 3 N–H and O–H groups in total. The van der Waals surface area contributed by atoms with Gasteiger partial charge in [0.1, 0.15) is 0 Å². The van der Waals surface area contributed by atoms with E-state index in [0.29, 0.717) is 12.5 Å². The first-order valence-electron chi connectivity index (χ1n) is 5.79. The van der Waals surface area contributed by atoms with Crippen LogP contribution < -0.4 is 5.32 Å². The number of nitrogens with one attached hydrogen (secondary N) is 1. The Kier molecular flexibility index (Phi) is 5.45. The van der Waals surface area contributed by atoms with E-state index in [-0.39, 0.29) is 12.2 Å². The fourth-order valence-corrected chi connectivity index (χ4v) is 2.05. The van der Waals surface area contributed by atoms with Gasteiger partial charge >= 0.3 is 0 Å². The molecule has 14 heavy (non-hydrogen) atoms. The highest BCUT2D eigenvalue weighted by atomic mass is 16.3. The molecular weight excluding hydrogens is 178 g/mol. The van der Waals surface area contributed by atoms with Crippen LogP contribution in [0.25, 0.3) is 0 Å². The average molecular weight is 201 g/mol. The van der Waals surface area contributed by atoms with E-state index in [1.807, 2.05) is 6.92 Å². The summed E-state index contributed by atoms with van der Waals surface area (Å²) in [6.45, 7) is 3.61. The first kappa shape index (κ1) is 12.0. The van der Waals surface area contributed by atoms with Crippen LogP contribution >= 0.6 is 0 Å². The fraction of sp³-hybridized carbons (Fsp3) is 1.00. The van der Waals surface area contributed by atoms with Crippen LogP contribution in [0, 0.1) is 5.92 Å². The van der Waals surface area contributed by atoms with Crippen molar-refractivity contribution < 1.29 is 10.2 Å². The minimum absolute atomic E-state index is 0.0911. The van der Waals surface area contributed by atoms with Gasteiger partial charge < -0.3 is 15.5 Å². The van der Waals surface area contributed by atoms with Crippen LogP contribution in [0.2, 0.25) is 0 Å². The monoisotopic (exact) mass is 201 g/mol. The van der Waals surface area contributed by atoms with Crippen LogP contribution in [0.3, 0.4) is 0 Å². The van der Waals surface area contributed by atoms with E-state index < -0.39 is 0 Å². The third-order valence-corrected chi connectivity index (χ3v) is 3.04. The van der Waals surface area contributed by atoms with Gasteiger partial charge in [-0.3, -0.25) is 0 Å². The second-order valence-electron chi connectivity index (χ2n) is 4.41. The maximum atomic E-state index is 9.46. The highest BCUT2D eigenvalue weighted by Gasteiger charge is 2.19.